The van der Waals surface area contributed by atoms with Crippen LogP contribution in [-0.2, 0) is 9.53 Å². The quantitative estimate of drug-likeness (QED) is 0.699. The summed E-state index contributed by atoms with van der Waals surface area (Å²) in [6.45, 7) is 4.93. The molecule has 0 amide bonds. The lowest BCUT2D eigenvalue weighted by atomic mass is 9.61. The Bertz CT molecular complexity index is 510. The first-order valence-corrected chi connectivity index (χ1v) is 10.7. The van der Waals surface area contributed by atoms with Crippen LogP contribution < -0.4 is 0 Å². The molecule has 3 rings (SSSR count). The van der Waals surface area contributed by atoms with Crippen LogP contribution in [-0.4, -0.2) is 34.5 Å². The van der Waals surface area contributed by atoms with Crippen molar-refractivity contribution in [3.05, 3.63) is 11.6 Å². The third-order valence-corrected chi connectivity index (χ3v) is 7.53. The number of ether oxygens (including phenoxy) is 1. The van der Waals surface area contributed by atoms with E-state index in [0.717, 1.165) is 69.8 Å². The number of carbonyl (C=O) groups excluding carboxylic acids is 1. The minimum atomic E-state index is -0.577. The zero-order chi connectivity index (χ0) is 18.7. The fraction of sp³-hybridized carbons (Fsp3) is 0.864. The summed E-state index contributed by atoms with van der Waals surface area (Å²) in [6, 6.07) is 0. The van der Waals surface area contributed by atoms with Gasteiger partial charge in [-0.15, -0.1) is 0 Å². The van der Waals surface area contributed by atoms with Gasteiger partial charge in [-0.05, 0) is 80.6 Å². The van der Waals surface area contributed by atoms with Gasteiger partial charge in [0.2, 0.25) is 0 Å². The van der Waals surface area contributed by atoms with Gasteiger partial charge in [-0.2, -0.15) is 0 Å². The average molecular weight is 365 g/mol. The van der Waals surface area contributed by atoms with Gasteiger partial charge in [0.1, 0.15) is 6.61 Å². The number of hydrogen-bond acceptors (Lipinski definition) is 4. The van der Waals surface area contributed by atoms with Gasteiger partial charge in [-0.25, -0.2) is 4.79 Å². The molecule has 2 atom stereocenters. The first kappa shape index (κ1) is 19.9. The minimum absolute atomic E-state index is 0.119. The summed E-state index contributed by atoms with van der Waals surface area (Å²) >= 11 is 0. The van der Waals surface area contributed by atoms with Crippen LogP contribution in [0.4, 0.5) is 0 Å². The number of aliphatic hydroxyl groups excluding tert-OH is 1. The first-order valence-electron chi connectivity index (χ1n) is 10.7. The molecule has 2 N–H and O–H groups in total. The average Bonchev–Trinajstić information content (AvgIpc) is 3.07. The van der Waals surface area contributed by atoms with Crippen LogP contribution in [0, 0.1) is 23.7 Å². The van der Waals surface area contributed by atoms with Gasteiger partial charge in [-0.1, -0.05) is 26.7 Å². The Balaban J connectivity index is 1.65. The molecule has 1 aliphatic heterocycles. The van der Waals surface area contributed by atoms with Gasteiger partial charge < -0.3 is 14.9 Å². The number of esters is 1. The molecule has 2 aliphatic carbocycles. The van der Waals surface area contributed by atoms with Crippen LogP contribution >= 0.6 is 0 Å². The fourth-order valence-corrected chi connectivity index (χ4v) is 6.04. The molecule has 0 bridgehead atoms. The monoisotopic (exact) mass is 364 g/mol. The predicted molar refractivity (Wildman–Crippen MR) is 101 cm³/mol. The van der Waals surface area contributed by atoms with Crippen molar-refractivity contribution in [1.29, 1.82) is 0 Å². The van der Waals surface area contributed by atoms with Gasteiger partial charge in [0.25, 0.3) is 0 Å². The zero-order valence-corrected chi connectivity index (χ0v) is 16.5. The molecule has 1 heterocycles. The predicted octanol–water partition coefficient (Wildman–Crippen LogP) is 3.99. The molecule has 0 unspecified atom stereocenters. The molecule has 2 fully saturated rings. The number of hydrogen-bond donors (Lipinski definition) is 2. The molecule has 148 valence electrons. The second kappa shape index (κ2) is 8.43. The molecule has 4 heteroatoms. The van der Waals surface area contributed by atoms with Crippen molar-refractivity contribution in [1.82, 2.24) is 0 Å². The second-order valence-electron chi connectivity index (χ2n) is 8.86. The van der Waals surface area contributed by atoms with Crippen LogP contribution in [0.15, 0.2) is 11.6 Å². The maximum Gasteiger partial charge on any atom is 0.331 e. The fourth-order valence-electron chi connectivity index (χ4n) is 6.04. The summed E-state index contributed by atoms with van der Waals surface area (Å²) < 4.78 is 5.07. The molecule has 0 spiro atoms. The number of carbonyl (C=O) groups is 1. The van der Waals surface area contributed by atoms with Crippen LogP contribution in [0.1, 0.15) is 78.1 Å². The van der Waals surface area contributed by atoms with Crippen LogP contribution in [0.3, 0.4) is 0 Å². The van der Waals surface area contributed by atoms with Crippen molar-refractivity contribution in [2.45, 2.75) is 89.8 Å². The zero-order valence-electron chi connectivity index (χ0n) is 16.5. The third-order valence-electron chi connectivity index (χ3n) is 7.53. The van der Waals surface area contributed by atoms with E-state index >= 15 is 0 Å². The smallest absolute Gasteiger partial charge is 0.331 e. The van der Waals surface area contributed by atoms with Crippen LogP contribution in [0.2, 0.25) is 0 Å². The van der Waals surface area contributed by atoms with E-state index in [2.05, 4.69) is 13.8 Å². The van der Waals surface area contributed by atoms with Crippen molar-refractivity contribution in [2.24, 2.45) is 23.7 Å². The number of aliphatic hydroxyl groups is 2. The van der Waals surface area contributed by atoms with Gasteiger partial charge in [0.15, 0.2) is 0 Å². The Morgan fingerprint density at radius 3 is 2.27 bits per heavy atom. The molecule has 2 saturated carbocycles. The number of rotatable bonds is 6. The van der Waals surface area contributed by atoms with E-state index in [-0.39, 0.29) is 12.1 Å². The summed E-state index contributed by atoms with van der Waals surface area (Å²) in [4.78, 5) is 11.3. The summed E-state index contributed by atoms with van der Waals surface area (Å²) in [5.41, 5.74) is 0.546. The van der Waals surface area contributed by atoms with Crippen molar-refractivity contribution >= 4 is 5.97 Å². The van der Waals surface area contributed by atoms with E-state index in [0.29, 0.717) is 30.3 Å². The summed E-state index contributed by atoms with van der Waals surface area (Å²) in [7, 11) is 0. The maximum atomic E-state index is 11.6. The molecule has 0 radical (unpaired) electrons. The van der Waals surface area contributed by atoms with Crippen molar-refractivity contribution in [3.63, 3.8) is 0 Å². The first-order chi connectivity index (χ1) is 12.5. The van der Waals surface area contributed by atoms with Gasteiger partial charge >= 0.3 is 5.97 Å². The molecule has 3 aliphatic rings. The highest BCUT2D eigenvalue weighted by molar-refractivity contribution is 5.85. The van der Waals surface area contributed by atoms with Gasteiger partial charge in [0.05, 0.1) is 11.7 Å². The Morgan fingerprint density at radius 2 is 1.77 bits per heavy atom. The van der Waals surface area contributed by atoms with Gasteiger partial charge in [-0.3, -0.25) is 0 Å². The highest BCUT2D eigenvalue weighted by Crippen LogP contribution is 2.48. The van der Waals surface area contributed by atoms with Crippen molar-refractivity contribution < 1.29 is 19.7 Å². The molecule has 4 nitrogen and oxygen atoms in total. The molecular weight excluding hydrogens is 328 g/mol. The number of cyclic esters (lactones) is 1. The summed E-state index contributed by atoms with van der Waals surface area (Å²) in [6.07, 6.45) is 11.3. The minimum Gasteiger partial charge on any atom is -0.458 e. The third kappa shape index (κ3) is 4.17. The van der Waals surface area contributed by atoms with Crippen LogP contribution in [0.5, 0.6) is 0 Å². The Hall–Kier alpha value is -0.870. The largest absolute Gasteiger partial charge is 0.458 e. The molecule has 0 saturated heterocycles. The van der Waals surface area contributed by atoms with E-state index in [4.69, 9.17) is 4.74 Å². The maximum absolute atomic E-state index is 11.6. The van der Waals surface area contributed by atoms with E-state index < -0.39 is 5.60 Å². The van der Waals surface area contributed by atoms with E-state index in [1.54, 1.807) is 6.08 Å². The van der Waals surface area contributed by atoms with Crippen molar-refractivity contribution in [2.75, 3.05) is 6.61 Å². The highest BCUT2D eigenvalue weighted by atomic mass is 16.5. The molecular formula is C22H36O4. The van der Waals surface area contributed by atoms with Crippen molar-refractivity contribution in [3.8, 4) is 0 Å². The van der Waals surface area contributed by atoms with Crippen LogP contribution in [0.25, 0.3) is 0 Å². The Labute approximate surface area is 158 Å². The summed E-state index contributed by atoms with van der Waals surface area (Å²) in [5.74, 6) is 1.70. The Kier molecular flexibility index (Phi) is 6.45. The highest BCUT2D eigenvalue weighted by Gasteiger charge is 2.45. The SMILES string of the molecule is CC[C@H](C1CCC(O)CC1)[C@H](CC)C1(O)CCC(C2=CC(=O)OC2)CC1. The Morgan fingerprint density at radius 1 is 1.12 bits per heavy atom. The molecule has 26 heavy (non-hydrogen) atoms. The molecule has 0 aromatic carbocycles. The summed E-state index contributed by atoms with van der Waals surface area (Å²) in [5, 5.41) is 21.4. The van der Waals surface area contributed by atoms with Gasteiger partial charge in [0, 0.05) is 6.08 Å². The lowest BCUT2D eigenvalue weighted by Gasteiger charge is -2.47. The second-order valence-corrected chi connectivity index (χ2v) is 8.86. The van der Waals surface area contributed by atoms with E-state index in [1.807, 2.05) is 0 Å². The van der Waals surface area contributed by atoms with E-state index in [9.17, 15) is 15.0 Å². The normalized spacial score (nSPS) is 37.8. The topological polar surface area (TPSA) is 66.8 Å². The molecule has 0 aromatic heterocycles. The standard InChI is InChI=1S/C22H36O4/c1-3-19(16-5-7-18(23)8-6-16)20(4-2)22(25)11-9-15(10-12-22)17-13-21(24)26-14-17/h13,15-16,18-20,23,25H,3-12,14H2,1-2H3/t15?,16?,18?,19-,20+,22?/m1/s1. The van der Waals surface area contributed by atoms with E-state index in [1.165, 1.54) is 0 Å². The molecule has 0 aromatic rings. The lowest BCUT2D eigenvalue weighted by molar-refractivity contribution is -0.135. The lowest BCUT2D eigenvalue weighted by Crippen LogP contribution is -2.47.